The van der Waals surface area contributed by atoms with Crippen molar-refractivity contribution in [2.24, 2.45) is 0 Å². The normalized spacial score (nSPS) is 23.9. The number of carbonyl (C=O) groups excluding carboxylic acids is 2. The van der Waals surface area contributed by atoms with Crippen LogP contribution < -0.4 is 14.8 Å². The number of hydrogen-bond acceptors (Lipinski definition) is 6. The summed E-state index contributed by atoms with van der Waals surface area (Å²) in [7, 11) is 0. The van der Waals surface area contributed by atoms with Gasteiger partial charge in [0, 0.05) is 6.61 Å². The summed E-state index contributed by atoms with van der Waals surface area (Å²) in [5.41, 5.74) is 0.888. The Bertz CT molecular complexity index is 770. The van der Waals surface area contributed by atoms with Crippen LogP contribution >= 0.6 is 12.2 Å². The summed E-state index contributed by atoms with van der Waals surface area (Å²) >= 11 is 5.13. The number of amides is 2. The molecule has 7 nitrogen and oxygen atoms in total. The van der Waals surface area contributed by atoms with Gasteiger partial charge in [-0.15, -0.1) is 0 Å². The molecular formula is C16H14N2O5S. The lowest BCUT2D eigenvalue weighted by Crippen LogP contribution is -2.40. The van der Waals surface area contributed by atoms with Crippen molar-refractivity contribution in [1.82, 2.24) is 10.2 Å². The Balaban J connectivity index is 1.67. The predicted octanol–water partition coefficient (Wildman–Crippen LogP) is 1.18. The number of thiocarbonyl (C=S) groups is 1. The van der Waals surface area contributed by atoms with Gasteiger partial charge in [-0.05, 0) is 48.8 Å². The summed E-state index contributed by atoms with van der Waals surface area (Å²) in [5.74, 6) is 0.519. The number of hydrogen-bond donors (Lipinski definition) is 1. The van der Waals surface area contributed by atoms with Crippen molar-refractivity contribution in [3.05, 3.63) is 29.5 Å². The van der Waals surface area contributed by atoms with Gasteiger partial charge >= 0.3 is 0 Å². The molecule has 24 heavy (non-hydrogen) atoms. The van der Waals surface area contributed by atoms with Crippen LogP contribution in [-0.4, -0.2) is 41.3 Å². The van der Waals surface area contributed by atoms with Crippen LogP contribution in [0.2, 0.25) is 0 Å². The first kappa shape index (κ1) is 15.1. The number of carbonyl (C=O) groups is 2. The molecule has 0 spiro atoms. The first-order valence-electron chi connectivity index (χ1n) is 7.56. The molecule has 8 heteroatoms. The smallest absolute Gasteiger partial charge is 0.274 e. The molecule has 1 N–H and O–H groups in total. The van der Waals surface area contributed by atoms with Gasteiger partial charge in [0.15, 0.2) is 16.6 Å². The van der Waals surface area contributed by atoms with Crippen molar-refractivity contribution < 1.29 is 23.8 Å². The third kappa shape index (κ3) is 2.53. The highest BCUT2D eigenvalue weighted by Crippen LogP contribution is 2.33. The summed E-state index contributed by atoms with van der Waals surface area (Å²) in [6.07, 6.45) is 2.49. The lowest BCUT2D eigenvalue weighted by molar-refractivity contribution is -0.135. The van der Waals surface area contributed by atoms with Gasteiger partial charge in [0.1, 0.15) is 11.8 Å². The molecule has 2 amide bonds. The van der Waals surface area contributed by atoms with E-state index in [1.165, 1.54) is 4.90 Å². The molecule has 0 aromatic heterocycles. The predicted molar refractivity (Wildman–Crippen MR) is 87.1 cm³/mol. The molecule has 1 aromatic rings. The monoisotopic (exact) mass is 346 g/mol. The molecule has 3 aliphatic rings. The zero-order valence-electron chi connectivity index (χ0n) is 12.6. The zero-order chi connectivity index (χ0) is 16.7. The van der Waals surface area contributed by atoms with Crippen molar-refractivity contribution in [2.75, 3.05) is 13.4 Å². The summed E-state index contributed by atoms with van der Waals surface area (Å²) in [6.45, 7) is 0.711. The van der Waals surface area contributed by atoms with Crippen LogP contribution in [-0.2, 0) is 14.3 Å². The molecule has 2 fully saturated rings. The van der Waals surface area contributed by atoms with Crippen LogP contribution in [0.4, 0.5) is 0 Å². The maximum absolute atomic E-state index is 12.6. The van der Waals surface area contributed by atoms with Crippen LogP contribution in [0.15, 0.2) is 23.9 Å². The summed E-state index contributed by atoms with van der Waals surface area (Å²) in [5, 5.41) is 2.59. The Hall–Kier alpha value is -2.45. The Morgan fingerprint density at radius 2 is 2.17 bits per heavy atom. The standard InChI is InChI=1S/C16H14N2O5S/c19-14-10(6-9-3-4-11-13(7-9)23-8-22-11)18(16(24)17-14)15(20)12-2-1-5-21-12/h3-4,6-7,12H,1-2,5,8H2,(H,17,19,24)/b10-6+/t12-/m0/s1. The highest BCUT2D eigenvalue weighted by atomic mass is 32.1. The molecule has 0 saturated carbocycles. The molecule has 2 saturated heterocycles. The van der Waals surface area contributed by atoms with Crippen molar-refractivity contribution in [1.29, 1.82) is 0 Å². The van der Waals surface area contributed by atoms with Gasteiger partial charge in [-0.3, -0.25) is 14.9 Å². The van der Waals surface area contributed by atoms with Crippen molar-refractivity contribution in [3.8, 4) is 11.5 Å². The number of nitrogens with one attached hydrogen (secondary N) is 1. The topological polar surface area (TPSA) is 77.1 Å². The first-order chi connectivity index (χ1) is 11.6. The number of ether oxygens (including phenoxy) is 3. The quantitative estimate of drug-likeness (QED) is 0.640. The Kier molecular flexibility index (Phi) is 3.70. The maximum Gasteiger partial charge on any atom is 0.274 e. The number of fused-ring (bicyclic) bond motifs is 1. The van der Waals surface area contributed by atoms with E-state index in [1.807, 2.05) is 0 Å². The lowest BCUT2D eigenvalue weighted by atomic mass is 10.1. The second-order valence-electron chi connectivity index (χ2n) is 5.58. The average Bonchev–Trinajstić information content (AvgIpc) is 3.28. The van der Waals surface area contributed by atoms with Gasteiger partial charge in [-0.2, -0.15) is 0 Å². The second kappa shape index (κ2) is 5.88. The number of benzene rings is 1. The molecular weight excluding hydrogens is 332 g/mol. The third-order valence-electron chi connectivity index (χ3n) is 4.02. The highest BCUT2D eigenvalue weighted by molar-refractivity contribution is 7.80. The van der Waals surface area contributed by atoms with Crippen LogP contribution in [0.5, 0.6) is 11.5 Å². The molecule has 1 atom stereocenters. The molecule has 1 aromatic carbocycles. The number of rotatable bonds is 2. The molecule has 124 valence electrons. The van der Waals surface area contributed by atoms with Crippen molar-refractivity contribution in [3.63, 3.8) is 0 Å². The Morgan fingerprint density at radius 3 is 2.96 bits per heavy atom. The Labute approximate surface area is 143 Å². The van der Waals surface area contributed by atoms with Gasteiger partial charge in [0.25, 0.3) is 11.8 Å². The van der Waals surface area contributed by atoms with E-state index in [1.54, 1.807) is 24.3 Å². The van der Waals surface area contributed by atoms with Gasteiger partial charge in [0.05, 0.1) is 0 Å². The minimum atomic E-state index is -0.559. The highest BCUT2D eigenvalue weighted by Gasteiger charge is 2.39. The van der Waals surface area contributed by atoms with Crippen LogP contribution in [0.25, 0.3) is 6.08 Å². The van der Waals surface area contributed by atoms with E-state index in [0.717, 1.165) is 6.42 Å². The summed E-state index contributed by atoms with van der Waals surface area (Å²) in [6, 6.07) is 5.29. The lowest BCUT2D eigenvalue weighted by Gasteiger charge is -2.19. The summed E-state index contributed by atoms with van der Waals surface area (Å²) < 4.78 is 16.0. The Morgan fingerprint density at radius 1 is 1.33 bits per heavy atom. The van der Waals surface area contributed by atoms with E-state index in [9.17, 15) is 9.59 Å². The van der Waals surface area contributed by atoms with E-state index >= 15 is 0 Å². The number of nitrogens with zero attached hydrogens (tertiary/aromatic N) is 1. The van der Waals surface area contributed by atoms with Crippen LogP contribution in [0, 0.1) is 0 Å². The second-order valence-corrected chi connectivity index (χ2v) is 5.96. The molecule has 0 unspecified atom stereocenters. The SMILES string of the molecule is O=C1NC(=S)N(C(=O)[C@@H]2CCCO2)/C1=C/c1ccc2c(c1)OCO2. The van der Waals surface area contributed by atoms with Crippen LogP contribution in [0.1, 0.15) is 18.4 Å². The fourth-order valence-corrected chi connectivity index (χ4v) is 3.14. The fraction of sp³-hybridized carbons (Fsp3) is 0.312. The van der Waals surface area contributed by atoms with E-state index < -0.39 is 12.0 Å². The van der Waals surface area contributed by atoms with E-state index in [0.29, 0.717) is 30.1 Å². The summed E-state index contributed by atoms with van der Waals surface area (Å²) in [4.78, 5) is 26.0. The molecule has 4 rings (SSSR count). The van der Waals surface area contributed by atoms with Gasteiger partial charge in [-0.1, -0.05) is 6.07 Å². The van der Waals surface area contributed by atoms with Crippen molar-refractivity contribution in [2.45, 2.75) is 18.9 Å². The first-order valence-corrected chi connectivity index (χ1v) is 7.96. The molecule has 0 bridgehead atoms. The maximum atomic E-state index is 12.6. The molecule has 0 aliphatic carbocycles. The van der Waals surface area contributed by atoms with Gasteiger partial charge in [0.2, 0.25) is 6.79 Å². The van der Waals surface area contributed by atoms with Crippen LogP contribution in [0.3, 0.4) is 0 Å². The largest absolute Gasteiger partial charge is 0.454 e. The zero-order valence-corrected chi connectivity index (χ0v) is 13.4. The third-order valence-corrected chi connectivity index (χ3v) is 4.31. The van der Waals surface area contributed by atoms with E-state index in [2.05, 4.69) is 5.32 Å². The fourth-order valence-electron chi connectivity index (χ4n) is 2.85. The minimum Gasteiger partial charge on any atom is -0.454 e. The molecule has 3 aliphatic heterocycles. The van der Waals surface area contributed by atoms with E-state index in [-0.39, 0.29) is 23.5 Å². The van der Waals surface area contributed by atoms with Gasteiger partial charge in [-0.25, -0.2) is 4.90 Å². The molecule has 0 radical (unpaired) electrons. The minimum absolute atomic E-state index is 0.0764. The van der Waals surface area contributed by atoms with E-state index in [4.69, 9.17) is 26.4 Å². The van der Waals surface area contributed by atoms with Gasteiger partial charge < -0.3 is 14.2 Å². The average molecular weight is 346 g/mol. The molecule has 3 heterocycles. The van der Waals surface area contributed by atoms with Crippen molar-refractivity contribution >= 4 is 35.2 Å².